The molecular weight excluding hydrogens is 709 g/mol. The minimum atomic E-state index is -6.22. The number of nitrogens with zero attached hydrogens (tertiary/aromatic N) is 4. The fourth-order valence-corrected chi connectivity index (χ4v) is 11.3. The second kappa shape index (κ2) is 13.4. The average molecular weight is 765 g/mol. The zero-order chi connectivity index (χ0) is 55.2. The summed E-state index contributed by atoms with van der Waals surface area (Å²) in [6.07, 6.45) is 0. The molecule has 0 atom stereocenters. The highest BCUT2D eigenvalue weighted by Crippen LogP contribution is 2.35. The molecule has 0 bridgehead atoms. The lowest BCUT2D eigenvalue weighted by Gasteiger charge is -2.34. The maximum absolute atomic E-state index is 10.5. The van der Waals surface area contributed by atoms with Gasteiger partial charge in [0.1, 0.15) is 5.82 Å². The van der Waals surface area contributed by atoms with E-state index in [-0.39, 0.29) is 11.8 Å². The Bertz CT molecular complexity index is 4080. The molecule has 0 saturated carbocycles. The van der Waals surface area contributed by atoms with Crippen LogP contribution in [0, 0.1) is 0 Å². The molecule has 0 amide bonds. The molecule has 3 aromatic heterocycles. The predicted molar refractivity (Wildman–Crippen MR) is 240 cm³/mol. The summed E-state index contributed by atoms with van der Waals surface area (Å²) >= 11 is 0. The van der Waals surface area contributed by atoms with Gasteiger partial charge in [-0.15, -0.1) is 0 Å². The zero-order valence-electron chi connectivity index (χ0n) is 49.5. The third-order valence-electron chi connectivity index (χ3n) is 10.1. The number of rotatable bonds is 7. The maximum atomic E-state index is 10.5. The highest BCUT2D eigenvalue weighted by molar-refractivity contribution is 7.19. The van der Waals surface area contributed by atoms with Gasteiger partial charge in [0.2, 0.25) is 5.95 Å². The van der Waals surface area contributed by atoms with Crippen molar-refractivity contribution in [3.63, 3.8) is 0 Å². The van der Waals surface area contributed by atoms with Gasteiger partial charge in [0.15, 0.2) is 8.07 Å². The Morgan fingerprint density at radius 3 is 1.25 bits per heavy atom. The highest BCUT2D eigenvalue weighted by atomic mass is 28.3. The average Bonchev–Trinajstić information content (AvgIpc) is 4.15. The van der Waals surface area contributed by atoms with E-state index >= 15 is 0 Å². The van der Waals surface area contributed by atoms with Gasteiger partial charge in [-0.05, 0) is 45.0 Å². The summed E-state index contributed by atoms with van der Waals surface area (Å²) in [5.74, 6) is -0.242. The molecule has 0 fully saturated rings. The highest BCUT2D eigenvalue weighted by Gasteiger charge is 2.41. The van der Waals surface area contributed by atoms with Crippen LogP contribution in [0.15, 0.2) is 218 Å². The third kappa shape index (κ3) is 5.20. The van der Waals surface area contributed by atoms with Crippen LogP contribution in [0.3, 0.4) is 0 Å². The molecule has 0 aliphatic carbocycles. The lowest BCUT2D eigenvalue weighted by Crippen LogP contribution is -2.74. The Labute approximate surface area is 359 Å². The van der Waals surface area contributed by atoms with Crippen molar-refractivity contribution in [3.05, 3.63) is 218 Å². The van der Waals surface area contributed by atoms with Gasteiger partial charge < -0.3 is 0 Å². The van der Waals surface area contributed by atoms with Gasteiger partial charge in [-0.25, -0.2) is 4.98 Å². The van der Waals surface area contributed by atoms with Gasteiger partial charge in [0.25, 0.3) is 0 Å². The fraction of sp³-hybridized carbons (Fsp3) is 0. The molecule has 11 rings (SSSR count). The molecule has 0 aliphatic heterocycles. The molecule has 0 saturated heterocycles. The van der Waals surface area contributed by atoms with Crippen LogP contribution in [-0.4, -0.2) is 27.2 Å². The van der Waals surface area contributed by atoms with E-state index in [0.717, 1.165) is 21.5 Å². The molecule has 57 heavy (non-hydrogen) atoms. The van der Waals surface area contributed by atoms with Crippen LogP contribution >= 0.6 is 0 Å². The molecule has 5 heteroatoms. The van der Waals surface area contributed by atoms with Crippen molar-refractivity contribution < 1.29 is 27.4 Å². The smallest absolute Gasteiger partial charge is 0.237 e. The first-order chi connectivity index (χ1) is 36.6. The van der Waals surface area contributed by atoms with Crippen molar-refractivity contribution in [1.29, 1.82) is 0 Å². The summed E-state index contributed by atoms with van der Waals surface area (Å²) in [6.45, 7) is 0. The van der Waals surface area contributed by atoms with E-state index in [2.05, 4.69) is 0 Å². The Morgan fingerprint density at radius 1 is 0.386 bits per heavy atom. The standard InChI is InChI=1S/C52H36N4Si/c1-4-20-38(21-5-1)57(39-22-6-2-7-23-39,40-24-8-3-9-25-40)41-26-18-19-37(35-41)46-36-51(55-47-31-14-10-27-42(47)43-28-11-15-32-48(43)55)54-52(53-46)56-49-33-16-12-29-44(49)45-30-13-17-34-50(45)56/h1-36H/i1D,2D,3D,4D,5D,6D,7D,8D,9D,18D,19D,20D,21D,22D,23D,24D,25D,26D,35D,36D. The van der Waals surface area contributed by atoms with E-state index in [1.54, 1.807) is 45.5 Å². The Morgan fingerprint density at radius 2 is 0.789 bits per heavy atom. The van der Waals surface area contributed by atoms with Crippen LogP contribution in [0.25, 0.3) is 66.6 Å². The Balaban J connectivity index is 1.42. The number of para-hydroxylation sites is 4. The van der Waals surface area contributed by atoms with Crippen molar-refractivity contribution in [2.45, 2.75) is 0 Å². The topological polar surface area (TPSA) is 35.6 Å². The summed E-state index contributed by atoms with van der Waals surface area (Å²) in [6, 6.07) is 8.27. The van der Waals surface area contributed by atoms with Crippen molar-refractivity contribution in [2.24, 2.45) is 0 Å². The van der Waals surface area contributed by atoms with Crippen LogP contribution in [0.5, 0.6) is 0 Å². The molecule has 0 spiro atoms. The van der Waals surface area contributed by atoms with Crippen molar-refractivity contribution in [3.8, 4) is 23.0 Å². The summed E-state index contributed by atoms with van der Waals surface area (Å²) in [4.78, 5) is 10.1. The maximum Gasteiger partial charge on any atom is 0.237 e. The van der Waals surface area contributed by atoms with Crippen molar-refractivity contribution in [1.82, 2.24) is 19.1 Å². The second-order valence-corrected chi connectivity index (χ2v) is 16.6. The van der Waals surface area contributed by atoms with E-state index in [1.807, 2.05) is 60.7 Å². The van der Waals surface area contributed by atoms with Crippen LogP contribution in [0.2, 0.25) is 0 Å². The molecule has 3 heterocycles. The summed E-state index contributed by atoms with van der Waals surface area (Å²) in [5.41, 5.74) is 1.04. The monoisotopic (exact) mass is 764 g/mol. The van der Waals surface area contributed by atoms with Crippen LogP contribution in [0.1, 0.15) is 27.4 Å². The van der Waals surface area contributed by atoms with E-state index in [4.69, 9.17) is 22.3 Å². The number of aromatic nitrogens is 4. The van der Waals surface area contributed by atoms with Gasteiger partial charge in [0, 0.05) is 33.2 Å². The van der Waals surface area contributed by atoms with E-state index in [1.165, 1.54) is 0 Å². The van der Waals surface area contributed by atoms with Crippen LogP contribution < -0.4 is 20.7 Å². The molecule has 268 valence electrons. The number of hydrogen-bond acceptors (Lipinski definition) is 2. The second-order valence-electron chi connectivity index (χ2n) is 13.1. The molecule has 8 aromatic carbocycles. The molecule has 0 radical (unpaired) electrons. The van der Waals surface area contributed by atoms with Crippen LogP contribution in [-0.2, 0) is 0 Å². The number of fused-ring (bicyclic) bond motifs is 6. The lowest BCUT2D eigenvalue weighted by atomic mass is 10.1. The van der Waals surface area contributed by atoms with Crippen LogP contribution in [0.4, 0.5) is 0 Å². The van der Waals surface area contributed by atoms with Gasteiger partial charge >= 0.3 is 0 Å². The SMILES string of the molecule is [2H]c1c(-c2c([2H])c([2H])c([2H])c([Si](c3c([2H])c([2H])c([2H])c([2H])c3[2H])(c3c([2H])c([2H])c([2H])c([2H])c3[2H])c3c([2H])c([2H])c([2H])c([2H])c3[2H])c2[2H])nc(-n2c3ccccc3c3ccccc32)nc1-n1c2ccccc2c2ccccc21. The molecule has 0 aliphatic rings. The van der Waals surface area contributed by atoms with Gasteiger partial charge in [-0.2, -0.15) is 4.98 Å². The minimum Gasteiger partial charge on any atom is -0.294 e. The molecule has 0 N–H and O–H groups in total. The summed E-state index contributed by atoms with van der Waals surface area (Å²) in [7, 11) is -6.22. The fourth-order valence-electron chi connectivity index (χ4n) is 7.71. The molecule has 0 unspecified atom stereocenters. The summed E-state index contributed by atoms with van der Waals surface area (Å²) < 4.78 is 191. The lowest BCUT2D eigenvalue weighted by molar-refractivity contribution is 0.952. The normalized spacial score (nSPS) is 16.8. The number of benzene rings is 8. The first kappa shape index (κ1) is 18.5. The molecular formula is C52H36N4Si. The number of hydrogen-bond donors (Lipinski definition) is 0. The third-order valence-corrected chi connectivity index (χ3v) is 14.1. The van der Waals surface area contributed by atoms with Crippen molar-refractivity contribution in [2.75, 3.05) is 0 Å². The Kier molecular flexibility index (Phi) is 4.37. The van der Waals surface area contributed by atoms with Gasteiger partial charge in [-0.1, -0.05) is 188 Å². The van der Waals surface area contributed by atoms with E-state index in [9.17, 15) is 15.1 Å². The quantitative estimate of drug-likeness (QED) is 0.120. The van der Waals surface area contributed by atoms with E-state index in [0.29, 0.717) is 22.1 Å². The first-order valence-corrected chi connectivity index (χ1v) is 19.8. The summed E-state index contributed by atoms with van der Waals surface area (Å²) in [5, 5.41) is -0.897. The first-order valence-electron chi connectivity index (χ1n) is 27.8. The van der Waals surface area contributed by atoms with E-state index < -0.39 is 161 Å². The predicted octanol–water partition coefficient (Wildman–Crippen LogP) is 9.72. The Hall–Kier alpha value is -7.34. The van der Waals surface area contributed by atoms with Gasteiger partial charge in [-0.3, -0.25) is 9.13 Å². The minimum absolute atomic E-state index is 0.114. The van der Waals surface area contributed by atoms with Gasteiger partial charge in [0.05, 0.1) is 55.2 Å². The molecule has 4 nitrogen and oxygen atoms in total. The molecule has 11 aromatic rings. The zero-order valence-corrected chi connectivity index (χ0v) is 30.5. The van der Waals surface area contributed by atoms with Crippen molar-refractivity contribution >= 4 is 72.4 Å². The largest absolute Gasteiger partial charge is 0.294 e.